The topological polar surface area (TPSA) is 105 Å². The molecule has 33 heavy (non-hydrogen) atoms. The molecule has 3 heterocycles. The van der Waals surface area contributed by atoms with Crippen LogP contribution in [-0.4, -0.2) is 32.0 Å². The zero-order valence-corrected chi connectivity index (χ0v) is 17.8. The van der Waals surface area contributed by atoms with Crippen LogP contribution in [0.25, 0.3) is 10.9 Å². The molecular weight excluding hydrogens is 430 g/mol. The molecule has 4 aromatic rings. The monoisotopic (exact) mass is 452 g/mol. The van der Waals surface area contributed by atoms with Crippen molar-refractivity contribution in [1.29, 1.82) is 0 Å². The summed E-state index contributed by atoms with van der Waals surface area (Å²) >= 11 is 0. The molecule has 1 aromatic carbocycles. The summed E-state index contributed by atoms with van der Waals surface area (Å²) in [6.45, 7) is 0.726. The van der Waals surface area contributed by atoms with E-state index in [4.69, 9.17) is 0 Å². The molecule has 1 amide bonds. The number of H-pyrrole nitrogens is 1. The van der Waals surface area contributed by atoms with Crippen molar-refractivity contribution in [3.8, 4) is 0 Å². The van der Waals surface area contributed by atoms with Gasteiger partial charge in [0, 0.05) is 29.0 Å². The minimum absolute atomic E-state index is 0.171. The Bertz CT molecular complexity index is 1330. The highest BCUT2D eigenvalue weighted by Gasteiger charge is 2.31. The molecular formula is C23H22F2N6O2. The van der Waals surface area contributed by atoms with Gasteiger partial charge in [-0.25, -0.2) is 4.98 Å². The van der Waals surface area contributed by atoms with Gasteiger partial charge in [0.15, 0.2) is 5.82 Å². The predicted molar refractivity (Wildman–Crippen MR) is 120 cm³/mol. The number of halogens is 2. The third kappa shape index (κ3) is 5.05. The standard InChI is InChI=1S/C23H22F2N6O2/c1-15-10-29-21(30-14-23(24,25)17-5-3-2-4-6-17)22(33)31(15)13-20(32)28-11-18-9-16-7-8-26-19(16)12-27-18/h2-10,12,26H,11,13-14H2,1H3,(H,28,32)(H,29,30). The van der Waals surface area contributed by atoms with E-state index in [0.29, 0.717) is 11.4 Å². The molecule has 170 valence electrons. The average molecular weight is 452 g/mol. The maximum atomic E-state index is 14.4. The van der Waals surface area contributed by atoms with Crippen LogP contribution in [0.5, 0.6) is 0 Å². The van der Waals surface area contributed by atoms with Crippen molar-refractivity contribution in [3.63, 3.8) is 0 Å². The molecule has 0 saturated heterocycles. The Balaban J connectivity index is 1.41. The van der Waals surface area contributed by atoms with E-state index in [1.807, 2.05) is 12.1 Å². The number of fused-ring (bicyclic) bond motifs is 1. The van der Waals surface area contributed by atoms with E-state index in [1.165, 1.54) is 35.0 Å². The number of nitrogens with one attached hydrogen (secondary N) is 3. The van der Waals surface area contributed by atoms with Gasteiger partial charge in [-0.1, -0.05) is 30.3 Å². The van der Waals surface area contributed by atoms with Crippen molar-refractivity contribution >= 4 is 22.6 Å². The minimum atomic E-state index is -3.20. The van der Waals surface area contributed by atoms with Gasteiger partial charge in [0.25, 0.3) is 11.5 Å². The Labute approximate surface area is 187 Å². The Hall–Kier alpha value is -4.08. The fourth-order valence-corrected chi connectivity index (χ4v) is 3.35. The van der Waals surface area contributed by atoms with Crippen molar-refractivity contribution in [2.24, 2.45) is 0 Å². The molecule has 3 N–H and O–H groups in total. The van der Waals surface area contributed by atoms with E-state index in [0.717, 1.165) is 10.9 Å². The van der Waals surface area contributed by atoms with E-state index < -0.39 is 23.9 Å². The summed E-state index contributed by atoms with van der Waals surface area (Å²) in [7, 11) is 0. The summed E-state index contributed by atoms with van der Waals surface area (Å²) in [5.74, 6) is -3.86. The zero-order valence-electron chi connectivity index (χ0n) is 17.8. The number of aryl methyl sites for hydroxylation is 1. The zero-order chi connectivity index (χ0) is 23.4. The van der Waals surface area contributed by atoms with Gasteiger partial charge >= 0.3 is 0 Å². The number of hydrogen-bond acceptors (Lipinski definition) is 5. The summed E-state index contributed by atoms with van der Waals surface area (Å²) in [6, 6.07) is 11.1. The van der Waals surface area contributed by atoms with Gasteiger partial charge < -0.3 is 15.6 Å². The highest BCUT2D eigenvalue weighted by molar-refractivity contribution is 5.79. The number of nitrogens with zero attached hydrogens (tertiary/aromatic N) is 3. The fraction of sp³-hybridized carbons (Fsp3) is 0.217. The Morgan fingerprint density at radius 3 is 2.73 bits per heavy atom. The molecule has 0 saturated carbocycles. The van der Waals surface area contributed by atoms with Crippen LogP contribution in [0, 0.1) is 6.92 Å². The van der Waals surface area contributed by atoms with Gasteiger partial charge in [-0.05, 0) is 19.1 Å². The highest BCUT2D eigenvalue weighted by Crippen LogP contribution is 2.27. The summed E-state index contributed by atoms with van der Waals surface area (Å²) in [5, 5.41) is 6.12. The van der Waals surface area contributed by atoms with Gasteiger partial charge in [-0.15, -0.1) is 0 Å². The maximum Gasteiger partial charge on any atom is 0.293 e. The van der Waals surface area contributed by atoms with E-state index in [-0.39, 0.29) is 24.5 Å². The second-order valence-corrected chi connectivity index (χ2v) is 7.58. The van der Waals surface area contributed by atoms with Gasteiger partial charge in [-0.3, -0.25) is 19.1 Å². The molecule has 3 aromatic heterocycles. The van der Waals surface area contributed by atoms with Crippen LogP contribution < -0.4 is 16.2 Å². The largest absolute Gasteiger partial charge is 0.360 e. The number of carbonyl (C=O) groups excluding carboxylic acids is 1. The number of amides is 1. The number of aromatic amines is 1. The van der Waals surface area contributed by atoms with Crippen LogP contribution in [0.4, 0.5) is 14.6 Å². The lowest BCUT2D eigenvalue weighted by Gasteiger charge is -2.18. The lowest BCUT2D eigenvalue weighted by Crippen LogP contribution is -2.35. The number of pyridine rings is 1. The Morgan fingerprint density at radius 1 is 1.15 bits per heavy atom. The molecule has 8 nitrogen and oxygen atoms in total. The van der Waals surface area contributed by atoms with Crippen molar-refractivity contribution < 1.29 is 13.6 Å². The first kappa shape index (κ1) is 22.1. The van der Waals surface area contributed by atoms with Crippen LogP contribution in [-0.2, 0) is 23.8 Å². The van der Waals surface area contributed by atoms with Gasteiger partial charge in [0.05, 0.1) is 30.5 Å². The summed E-state index contributed by atoms with van der Waals surface area (Å²) in [5.41, 5.74) is 1.17. The molecule has 0 spiro atoms. The summed E-state index contributed by atoms with van der Waals surface area (Å²) < 4.78 is 30.0. The van der Waals surface area contributed by atoms with Crippen molar-refractivity contribution in [2.75, 3.05) is 11.9 Å². The number of hydrogen-bond donors (Lipinski definition) is 3. The quantitative estimate of drug-likeness (QED) is 0.381. The molecule has 0 radical (unpaired) electrons. The third-order valence-electron chi connectivity index (χ3n) is 5.19. The van der Waals surface area contributed by atoms with Crippen molar-refractivity contribution in [1.82, 2.24) is 24.8 Å². The van der Waals surface area contributed by atoms with Gasteiger partial charge in [0.1, 0.15) is 6.54 Å². The predicted octanol–water partition coefficient (Wildman–Crippen LogP) is 2.95. The Kier molecular flexibility index (Phi) is 6.16. The van der Waals surface area contributed by atoms with Crippen LogP contribution in [0.15, 0.2) is 65.8 Å². The average Bonchev–Trinajstić information content (AvgIpc) is 3.28. The second-order valence-electron chi connectivity index (χ2n) is 7.58. The summed E-state index contributed by atoms with van der Waals surface area (Å²) in [6.07, 6.45) is 4.84. The van der Waals surface area contributed by atoms with Crippen LogP contribution in [0.3, 0.4) is 0 Å². The highest BCUT2D eigenvalue weighted by atomic mass is 19.3. The van der Waals surface area contributed by atoms with E-state index in [9.17, 15) is 18.4 Å². The van der Waals surface area contributed by atoms with Crippen LogP contribution in [0.2, 0.25) is 0 Å². The fourth-order valence-electron chi connectivity index (χ4n) is 3.35. The number of aromatic nitrogens is 4. The van der Waals surface area contributed by atoms with E-state index in [2.05, 4.69) is 25.6 Å². The molecule has 0 aliphatic carbocycles. The SMILES string of the molecule is Cc1cnc(NCC(F)(F)c2ccccc2)c(=O)n1CC(=O)NCc1cc2cc[nH]c2cn1. The molecule has 0 unspecified atom stereocenters. The second kappa shape index (κ2) is 9.19. The molecule has 0 atom stereocenters. The summed E-state index contributed by atoms with van der Waals surface area (Å²) in [4.78, 5) is 36.5. The molecule has 0 fully saturated rings. The first-order chi connectivity index (χ1) is 15.8. The molecule has 0 aliphatic heterocycles. The molecule has 10 heteroatoms. The first-order valence-electron chi connectivity index (χ1n) is 10.3. The third-order valence-corrected chi connectivity index (χ3v) is 5.19. The first-order valence-corrected chi connectivity index (χ1v) is 10.3. The molecule has 4 rings (SSSR count). The maximum absolute atomic E-state index is 14.4. The Morgan fingerprint density at radius 2 is 1.94 bits per heavy atom. The molecule has 0 bridgehead atoms. The number of benzene rings is 1. The van der Waals surface area contributed by atoms with Crippen molar-refractivity contribution in [2.45, 2.75) is 25.9 Å². The minimum Gasteiger partial charge on any atom is -0.360 e. The van der Waals surface area contributed by atoms with Crippen molar-refractivity contribution in [3.05, 3.63) is 88.4 Å². The van der Waals surface area contributed by atoms with E-state index in [1.54, 1.807) is 25.4 Å². The molecule has 0 aliphatic rings. The lowest BCUT2D eigenvalue weighted by molar-refractivity contribution is -0.121. The van der Waals surface area contributed by atoms with Gasteiger partial charge in [0.2, 0.25) is 5.91 Å². The lowest BCUT2D eigenvalue weighted by atomic mass is 10.1. The van der Waals surface area contributed by atoms with Crippen LogP contribution >= 0.6 is 0 Å². The number of anilines is 1. The number of alkyl halides is 2. The smallest absolute Gasteiger partial charge is 0.293 e. The number of rotatable bonds is 8. The van der Waals surface area contributed by atoms with Crippen LogP contribution in [0.1, 0.15) is 17.0 Å². The van der Waals surface area contributed by atoms with Gasteiger partial charge in [-0.2, -0.15) is 8.78 Å². The number of carbonyl (C=O) groups is 1. The normalized spacial score (nSPS) is 11.5. The van der Waals surface area contributed by atoms with E-state index >= 15 is 0 Å².